The molecule has 13 heteroatoms. The van der Waals surface area contributed by atoms with Crippen molar-refractivity contribution in [1.82, 2.24) is 24.6 Å². The Balaban J connectivity index is 1.34. The number of nitrogens with one attached hydrogen (secondary N) is 2. The van der Waals surface area contributed by atoms with Gasteiger partial charge >= 0.3 is 14.5 Å². The van der Waals surface area contributed by atoms with Crippen molar-refractivity contribution >= 4 is 42.4 Å². The van der Waals surface area contributed by atoms with E-state index in [0.717, 1.165) is 10.8 Å². The van der Waals surface area contributed by atoms with Crippen LogP contribution in [-0.2, 0) is 18.8 Å². The second kappa shape index (κ2) is 13.2. The summed E-state index contributed by atoms with van der Waals surface area (Å²) in [6, 6.07) is 13.1. The Morgan fingerprint density at radius 1 is 1.23 bits per heavy atom. The lowest BCUT2D eigenvalue weighted by molar-refractivity contribution is -0.149. The summed E-state index contributed by atoms with van der Waals surface area (Å²) < 4.78 is 26.6. The van der Waals surface area contributed by atoms with Gasteiger partial charge in [-0.15, -0.1) is 0 Å². The average molecular weight is 625 g/mol. The van der Waals surface area contributed by atoms with Crippen LogP contribution in [0.1, 0.15) is 54.2 Å². The van der Waals surface area contributed by atoms with E-state index in [4.69, 9.17) is 24.3 Å². The standard InChI is InChI=1S/C31H41N6O6P/c1-18(2)24(29(39)40-16-31(4,5)6)36-44(43-23-13-9-11-20-10-7-8-12-22(20)23)41-15-21-14-19(3)28(42-21)37-17-33-25-26(37)34-30(32)35-27(25)38/h7-13,17-19,21,24,28,36H,14-16H2,1-6H3,(H3,32,34,35,38). The molecule has 3 heterocycles. The van der Waals surface area contributed by atoms with Gasteiger partial charge in [-0.25, -0.2) is 10.1 Å². The zero-order valence-electron chi connectivity index (χ0n) is 25.9. The fraction of sp³-hybridized carbons (Fsp3) is 0.484. The van der Waals surface area contributed by atoms with E-state index in [1.54, 1.807) is 10.9 Å². The molecular weight excluding hydrogens is 583 g/mol. The molecule has 5 atom stereocenters. The third-order valence-corrected chi connectivity index (χ3v) is 8.53. The van der Waals surface area contributed by atoms with Crippen LogP contribution in [0.15, 0.2) is 53.6 Å². The number of anilines is 1. The number of benzene rings is 2. The van der Waals surface area contributed by atoms with E-state index in [0.29, 0.717) is 24.4 Å². The van der Waals surface area contributed by atoms with Crippen LogP contribution < -0.4 is 20.9 Å². The van der Waals surface area contributed by atoms with Gasteiger partial charge in [-0.3, -0.25) is 19.1 Å². The normalized spacial score (nSPS) is 20.3. The van der Waals surface area contributed by atoms with Crippen molar-refractivity contribution in [2.45, 2.75) is 66.3 Å². The Labute approximate surface area is 257 Å². The maximum absolute atomic E-state index is 13.2. The van der Waals surface area contributed by atoms with Gasteiger partial charge in [0.25, 0.3) is 5.56 Å². The number of imidazole rings is 1. The third kappa shape index (κ3) is 7.38. The molecule has 0 spiro atoms. The molecule has 1 saturated heterocycles. The van der Waals surface area contributed by atoms with Crippen molar-refractivity contribution in [1.29, 1.82) is 0 Å². The molecule has 2 aromatic carbocycles. The Hall–Kier alpha value is -3.57. The molecule has 2 aromatic heterocycles. The monoisotopic (exact) mass is 624 g/mol. The molecule has 4 N–H and O–H groups in total. The first-order valence-corrected chi connectivity index (χ1v) is 16.0. The van der Waals surface area contributed by atoms with Crippen molar-refractivity contribution < 1.29 is 23.3 Å². The van der Waals surface area contributed by atoms with E-state index in [1.165, 1.54) is 0 Å². The van der Waals surface area contributed by atoms with Crippen LogP contribution in [0.3, 0.4) is 0 Å². The van der Waals surface area contributed by atoms with Crippen molar-refractivity contribution in [3.8, 4) is 5.75 Å². The Kier molecular flexibility index (Phi) is 9.55. The lowest BCUT2D eigenvalue weighted by atomic mass is 9.98. The molecule has 5 rings (SSSR count). The SMILES string of the molecule is CC(C)C(NP(OCC1CC(C)C(n2cnc3c(=O)[nH]c(N)nc32)O1)Oc1cccc2ccccc12)C(=O)OCC(C)(C)C. The maximum atomic E-state index is 13.2. The molecule has 5 unspecified atom stereocenters. The van der Waals surface area contributed by atoms with Gasteiger partial charge < -0.3 is 24.3 Å². The molecule has 1 fully saturated rings. The van der Waals surface area contributed by atoms with Gasteiger partial charge in [-0.05, 0) is 29.2 Å². The van der Waals surface area contributed by atoms with Gasteiger partial charge in [-0.2, -0.15) is 4.98 Å². The molecule has 1 aliphatic heterocycles. The van der Waals surface area contributed by atoms with Crippen LogP contribution in [0.4, 0.5) is 5.95 Å². The molecule has 0 bridgehead atoms. The maximum Gasteiger partial charge on any atom is 0.323 e. The lowest BCUT2D eigenvalue weighted by Gasteiger charge is -2.28. The number of hydrogen-bond donors (Lipinski definition) is 3. The molecule has 0 radical (unpaired) electrons. The highest BCUT2D eigenvalue weighted by molar-refractivity contribution is 7.45. The summed E-state index contributed by atoms with van der Waals surface area (Å²) >= 11 is 0. The number of H-pyrrole nitrogens is 1. The minimum Gasteiger partial charge on any atom is -0.464 e. The van der Waals surface area contributed by atoms with Gasteiger partial charge in [0.05, 0.1) is 25.6 Å². The second-order valence-corrected chi connectivity index (χ2v) is 14.0. The summed E-state index contributed by atoms with van der Waals surface area (Å²) in [6.45, 7) is 12.5. The highest BCUT2D eigenvalue weighted by atomic mass is 31.2. The topological polar surface area (TPSA) is 156 Å². The van der Waals surface area contributed by atoms with Gasteiger partial charge in [-0.1, -0.05) is 77.9 Å². The van der Waals surface area contributed by atoms with E-state index >= 15 is 0 Å². The Morgan fingerprint density at radius 2 is 1.98 bits per heavy atom. The summed E-state index contributed by atoms with van der Waals surface area (Å²) in [6.07, 6.45) is 1.52. The predicted octanol–water partition coefficient (Wildman–Crippen LogP) is 5.30. The summed E-state index contributed by atoms with van der Waals surface area (Å²) in [7, 11) is -1.80. The smallest absolute Gasteiger partial charge is 0.323 e. The average Bonchev–Trinajstić information content (AvgIpc) is 3.55. The number of esters is 1. The Morgan fingerprint density at radius 3 is 2.73 bits per heavy atom. The minimum absolute atomic E-state index is 0.0119. The molecule has 0 amide bonds. The van der Waals surface area contributed by atoms with E-state index in [2.05, 4.69) is 27.0 Å². The first-order valence-electron chi connectivity index (χ1n) is 14.8. The van der Waals surface area contributed by atoms with Crippen LogP contribution in [0.25, 0.3) is 21.9 Å². The van der Waals surface area contributed by atoms with E-state index in [-0.39, 0.29) is 47.4 Å². The van der Waals surface area contributed by atoms with E-state index in [1.807, 2.05) is 77.1 Å². The number of aromatic nitrogens is 4. The lowest BCUT2D eigenvalue weighted by Crippen LogP contribution is -2.41. The van der Waals surface area contributed by atoms with Crippen molar-refractivity contribution in [3.63, 3.8) is 0 Å². The van der Waals surface area contributed by atoms with Crippen LogP contribution in [0.5, 0.6) is 5.75 Å². The van der Waals surface area contributed by atoms with Crippen molar-refractivity contribution in [3.05, 3.63) is 59.1 Å². The fourth-order valence-electron chi connectivity index (χ4n) is 5.06. The molecule has 236 valence electrons. The minimum atomic E-state index is -1.80. The number of nitrogens with zero attached hydrogens (tertiary/aromatic N) is 3. The summed E-state index contributed by atoms with van der Waals surface area (Å²) in [5, 5.41) is 5.29. The van der Waals surface area contributed by atoms with Crippen LogP contribution >= 0.6 is 8.53 Å². The number of hydrogen-bond acceptors (Lipinski definition) is 10. The van der Waals surface area contributed by atoms with Gasteiger partial charge in [0.2, 0.25) is 5.95 Å². The number of nitrogen functional groups attached to an aromatic ring is 1. The van der Waals surface area contributed by atoms with Crippen molar-refractivity contribution in [2.75, 3.05) is 18.9 Å². The highest BCUT2D eigenvalue weighted by Crippen LogP contribution is 2.42. The Bertz CT molecular complexity index is 1660. The van der Waals surface area contributed by atoms with Crippen LogP contribution in [0, 0.1) is 17.3 Å². The first kappa shape index (κ1) is 31.8. The number of fused-ring (bicyclic) bond motifs is 2. The zero-order chi connectivity index (χ0) is 31.6. The number of ether oxygens (including phenoxy) is 2. The molecule has 1 aliphatic rings. The first-order chi connectivity index (χ1) is 20.9. The highest BCUT2D eigenvalue weighted by Gasteiger charge is 2.37. The van der Waals surface area contributed by atoms with Crippen molar-refractivity contribution in [2.24, 2.45) is 17.3 Å². The summed E-state index contributed by atoms with van der Waals surface area (Å²) in [4.78, 5) is 36.5. The number of rotatable bonds is 11. The van der Waals surface area contributed by atoms with Gasteiger partial charge in [0.15, 0.2) is 11.2 Å². The van der Waals surface area contributed by atoms with Gasteiger partial charge in [0.1, 0.15) is 18.0 Å². The zero-order valence-corrected chi connectivity index (χ0v) is 26.8. The molecule has 44 heavy (non-hydrogen) atoms. The number of carbonyl (C=O) groups excluding carboxylic acids is 1. The summed E-state index contributed by atoms with van der Waals surface area (Å²) in [5.74, 6) is 0.281. The third-order valence-electron chi connectivity index (χ3n) is 7.30. The van der Waals surface area contributed by atoms with Crippen LogP contribution in [0.2, 0.25) is 0 Å². The molecule has 12 nitrogen and oxygen atoms in total. The number of aromatic amines is 1. The molecule has 0 aliphatic carbocycles. The summed E-state index contributed by atoms with van der Waals surface area (Å²) in [5.41, 5.74) is 5.79. The number of carbonyl (C=O) groups is 1. The van der Waals surface area contributed by atoms with Gasteiger partial charge in [0, 0.05) is 11.3 Å². The molecule has 0 saturated carbocycles. The van der Waals surface area contributed by atoms with E-state index in [9.17, 15) is 9.59 Å². The predicted molar refractivity (Wildman–Crippen MR) is 170 cm³/mol. The molecule has 4 aromatic rings. The molecular formula is C31H41N6O6P. The largest absolute Gasteiger partial charge is 0.464 e. The second-order valence-electron chi connectivity index (χ2n) is 12.8. The van der Waals surface area contributed by atoms with Crippen LogP contribution in [-0.4, -0.2) is 50.8 Å². The van der Waals surface area contributed by atoms with E-state index < -0.39 is 26.4 Å². The quantitative estimate of drug-likeness (QED) is 0.148. The number of nitrogens with two attached hydrogens (primary N) is 1. The fourth-order valence-corrected chi connectivity index (χ4v) is 6.51.